The molecule has 0 spiro atoms. The van der Waals surface area contributed by atoms with Crippen molar-refractivity contribution in [1.82, 2.24) is 38.2 Å². The normalized spacial score (nSPS) is 30.5. The summed E-state index contributed by atoms with van der Waals surface area (Å²) in [4.78, 5) is 110. The highest BCUT2D eigenvalue weighted by Gasteiger charge is 2.46. The van der Waals surface area contributed by atoms with E-state index in [1.54, 1.807) is 0 Å². The first kappa shape index (κ1) is 56.3. The average Bonchev–Trinajstić information content (AvgIpc) is 4.10. The van der Waals surface area contributed by atoms with Crippen LogP contribution in [0.1, 0.15) is 56.2 Å². The van der Waals surface area contributed by atoms with E-state index in [2.05, 4.69) is 19.9 Å². The van der Waals surface area contributed by atoms with Crippen molar-refractivity contribution in [2.24, 2.45) is 0 Å². The molecule has 37 heteroatoms. The summed E-state index contributed by atoms with van der Waals surface area (Å²) in [6.45, 7) is -14.0. The number of nitrogens with zero attached hydrogens (tertiary/aromatic N) is 7. The van der Waals surface area contributed by atoms with Gasteiger partial charge < -0.3 is 88.2 Å². The van der Waals surface area contributed by atoms with E-state index in [0.29, 0.717) is 0 Å². The number of anilines is 3. The van der Waals surface area contributed by atoms with Crippen molar-refractivity contribution in [3.05, 3.63) is 101 Å². The Bertz CT molecular complexity index is 3170. The fourth-order valence-corrected chi connectivity index (χ4v) is 12.7. The third-order valence-corrected chi connectivity index (χ3v) is 16.6. The first-order chi connectivity index (χ1) is 34.9. The molecule has 0 bridgehead atoms. The van der Waals surface area contributed by atoms with Gasteiger partial charge in [-0.15, -0.1) is 0 Å². The number of aromatic nitrogens is 8. The van der Waals surface area contributed by atoms with E-state index < -0.39 is 149 Å². The van der Waals surface area contributed by atoms with Crippen LogP contribution in [0, 0.1) is 6.92 Å². The molecule has 3 unspecified atom stereocenters. The molecule has 0 radical (unpaired) electrons. The van der Waals surface area contributed by atoms with Gasteiger partial charge in [-0.25, -0.2) is 19.2 Å². The summed E-state index contributed by atoms with van der Waals surface area (Å²) in [6, 6.07) is 4.06. The predicted octanol–water partition coefficient (Wildman–Crippen LogP) is -2.28. The summed E-state index contributed by atoms with van der Waals surface area (Å²) >= 11 is 16.1. The van der Waals surface area contributed by atoms with Crippen LogP contribution in [0.2, 0.25) is 0 Å². The lowest BCUT2D eigenvalue weighted by Crippen LogP contribution is -2.33. The Kier molecular flexibility index (Phi) is 17.5. The lowest BCUT2D eigenvalue weighted by Gasteiger charge is -2.28. The summed E-state index contributed by atoms with van der Waals surface area (Å²) in [7, 11) is 0. The van der Waals surface area contributed by atoms with Crippen molar-refractivity contribution in [3.8, 4) is 0 Å². The summed E-state index contributed by atoms with van der Waals surface area (Å²) in [6.07, 6.45) is -9.28. The number of aromatic amines is 1. The second-order valence-corrected chi connectivity index (χ2v) is 25.4. The highest BCUT2D eigenvalue weighted by atomic mass is 32.5. The number of nitrogens with two attached hydrogens (primary N) is 3. The number of rotatable bonds is 20. The van der Waals surface area contributed by atoms with Gasteiger partial charge in [-0.2, -0.15) is 15.0 Å². The van der Waals surface area contributed by atoms with Gasteiger partial charge >= 0.3 is 42.9 Å². The second-order valence-electron chi connectivity index (χ2n) is 17.0. The Hall–Kier alpha value is -3.93. The number of nitrogens with one attached hydrogen (secondary N) is 1. The van der Waals surface area contributed by atoms with Gasteiger partial charge in [0, 0.05) is 56.0 Å². The van der Waals surface area contributed by atoms with Crippen molar-refractivity contribution in [3.63, 3.8) is 0 Å². The van der Waals surface area contributed by atoms with E-state index in [1.807, 2.05) is 0 Å². The summed E-state index contributed by atoms with van der Waals surface area (Å²) in [5.74, 6) is -0.137. The van der Waals surface area contributed by atoms with Crippen LogP contribution < -0.4 is 45.5 Å². The molecule has 4 aromatic heterocycles. The number of aliphatic hydroxyl groups is 2. The zero-order valence-electron chi connectivity index (χ0n) is 38.4. The zero-order chi connectivity index (χ0) is 53.4. The minimum absolute atomic E-state index is 0.0203. The van der Waals surface area contributed by atoms with Gasteiger partial charge in [0.05, 0.1) is 50.8 Å². The van der Waals surface area contributed by atoms with Crippen molar-refractivity contribution in [1.29, 1.82) is 0 Å². The SMILES string of the molecule is Cc1cn([C@H]2C[C@H](OP(O)(=S)OC[C@H]3O[C@@H](n4ccc(N)nc4=O)C[C@@H]3O)[C@@H](COP(O)(=S)O[C@H]3C[C@H](n4ccc(N)nc4=O)O[C@@H]3COP(O)(=S)O[C@H]3C[C@H](n4ccc(N)nc4=O)O[C@@H]3CO)O2)c(=O)[nH]c1=O. The molecule has 0 saturated carbocycles. The molecular formula is C37H50N11O20P3S3. The fraction of sp³-hybridized carbons (Fsp3) is 0.568. The number of H-pyrrole nitrogens is 1. The van der Waals surface area contributed by atoms with Gasteiger partial charge in [-0.1, -0.05) is 0 Å². The maximum Gasteiger partial charge on any atom is 0.351 e. The molecule has 15 atom stereocenters. The third kappa shape index (κ3) is 13.6. The van der Waals surface area contributed by atoms with Gasteiger partial charge in [0.25, 0.3) is 5.56 Å². The molecule has 4 aliphatic rings. The lowest BCUT2D eigenvalue weighted by atomic mass is 10.2. The molecule has 0 amide bonds. The third-order valence-electron chi connectivity index (χ3n) is 11.9. The zero-order valence-corrected chi connectivity index (χ0v) is 43.5. The number of hydrogen-bond acceptors (Lipinski definition) is 26. The van der Waals surface area contributed by atoms with Crippen LogP contribution in [0.3, 0.4) is 0 Å². The van der Waals surface area contributed by atoms with Crippen LogP contribution in [-0.4, -0.2) is 138 Å². The molecule has 4 saturated heterocycles. The van der Waals surface area contributed by atoms with E-state index in [0.717, 1.165) is 18.3 Å². The first-order valence-corrected chi connectivity index (χ1v) is 29.9. The Morgan fingerprint density at radius 1 is 0.608 bits per heavy atom. The number of ether oxygens (including phenoxy) is 4. The van der Waals surface area contributed by atoms with Crippen molar-refractivity contribution >= 4 is 73.0 Å². The highest BCUT2D eigenvalue weighted by molar-refractivity contribution is 8.07. The minimum Gasteiger partial charge on any atom is -0.394 e. The van der Waals surface area contributed by atoms with Crippen molar-refractivity contribution in [2.45, 2.75) is 106 Å². The maximum absolute atomic E-state index is 13.0. The number of aliphatic hydroxyl groups excluding tert-OH is 2. The van der Waals surface area contributed by atoms with E-state index in [1.165, 1.54) is 49.9 Å². The van der Waals surface area contributed by atoms with E-state index in [9.17, 15) is 48.9 Å². The molecule has 74 heavy (non-hydrogen) atoms. The predicted molar refractivity (Wildman–Crippen MR) is 264 cm³/mol. The minimum atomic E-state index is -4.44. The summed E-state index contributed by atoms with van der Waals surface area (Å²) in [5.41, 5.74) is 13.2. The van der Waals surface area contributed by atoms with Crippen LogP contribution >= 0.6 is 20.2 Å². The standard InChI is InChI=1S/C37H50N11O20P3S3/c1-17-12-48(37(55)44-33(17)51)32-11-21(68-69(56,72)59-14-23-18(50)8-29(63-23)45-5-2-26(38)41-34(45)52)25(65-32)16-61-71(58,74)67-20-10-31(47-7-4-28(40)43-36(47)54)64-24(20)15-60-70(57,73)66-19-9-30(62-22(19)13-49)46-6-3-27(39)42-35(46)53/h2-7,12,18-25,29-32,49-50H,8-11,13-16H2,1H3,(H,56,72)(H,57,73)(H,58,74)(H2,38,41,52)(H2,39,42,53)(H2,40,43,54)(H,44,51,55)/t18-,19-,20-,21-,22+,23+,24+,25+,29+,30+,31+,32+,69?,70?,71?/m0/s1. The van der Waals surface area contributed by atoms with Gasteiger partial charge in [0.15, 0.2) is 0 Å². The molecule has 8 heterocycles. The molecule has 8 rings (SSSR count). The van der Waals surface area contributed by atoms with Crippen LogP contribution in [0.25, 0.3) is 0 Å². The lowest BCUT2D eigenvalue weighted by molar-refractivity contribution is -0.0571. The number of hydrogen-bond donors (Lipinski definition) is 9. The number of nitrogen functional groups attached to an aromatic ring is 3. The van der Waals surface area contributed by atoms with E-state index in [4.69, 9.17) is 98.7 Å². The Morgan fingerprint density at radius 2 is 0.959 bits per heavy atom. The van der Waals surface area contributed by atoms with Crippen LogP contribution in [-0.2, 0) is 81.5 Å². The molecule has 406 valence electrons. The average molecular weight is 1160 g/mol. The molecule has 4 aromatic rings. The highest BCUT2D eigenvalue weighted by Crippen LogP contribution is 2.54. The van der Waals surface area contributed by atoms with Gasteiger partial charge in [-0.05, 0) is 60.5 Å². The molecule has 4 aliphatic heterocycles. The smallest absolute Gasteiger partial charge is 0.351 e. The Labute approximate surface area is 431 Å². The van der Waals surface area contributed by atoms with E-state index >= 15 is 0 Å². The molecule has 0 aliphatic carbocycles. The Balaban J connectivity index is 0.949. The molecule has 4 fully saturated rings. The summed E-state index contributed by atoms with van der Waals surface area (Å²) < 4.78 is 62.8. The van der Waals surface area contributed by atoms with Gasteiger partial charge in [0.2, 0.25) is 0 Å². The van der Waals surface area contributed by atoms with Crippen LogP contribution in [0.15, 0.2) is 67.0 Å². The second kappa shape index (κ2) is 23.0. The van der Waals surface area contributed by atoms with Crippen molar-refractivity contribution in [2.75, 3.05) is 43.6 Å². The largest absolute Gasteiger partial charge is 0.394 e. The Morgan fingerprint density at radius 3 is 1.36 bits per heavy atom. The van der Waals surface area contributed by atoms with Crippen molar-refractivity contribution < 1.29 is 71.0 Å². The molecule has 31 nitrogen and oxygen atoms in total. The van der Waals surface area contributed by atoms with E-state index in [-0.39, 0.29) is 48.7 Å². The quantitative estimate of drug-likeness (QED) is 0.0421. The van der Waals surface area contributed by atoms with Gasteiger partial charge in [-0.3, -0.25) is 28.0 Å². The molecule has 12 N–H and O–H groups in total. The molecular weight excluding hydrogens is 1110 g/mol. The maximum atomic E-state index is 13.0. The number of aryl methyl sites for hydroxylation is 1. The van der Waals surface area contributed by atoms with Gasteiger partial charge in [0.1, 0.15) is 66.8 Å². The van der Waals surface area contributed by atoms with Crippen LogP contribution in [0.5, 0.6) is 0 Å². The van der Waals surface area contributed by atoms with Crippen LogP contribution in [0.4, 0.5) is 17.5 Å². The topological polar surface area (TPSA) is 431 Å². The molecule has 0 aromatic carbocycles. The monoisotopic (exact) mass is 1160 g/mol. The summed E-state index contributed by atoms with van der Waals surface area (Å²) in [5, 5.41) is 20.8. The first-order valence-electron chi connectivity index (χ1n) is 22.1. The fourth-order valence-electron chi connectivity index (χ4n) is 8.29.